The Hall–Kier alpha value is -1.10. The molecule has 0 aromatic carbocycles. The zero-order chi connectivity index (χ0) is 16.0. The van der Waals surface area contributed by atoms with Crippen LogP contribution in [0.15, 0.2) is 0 Å². The third-order valence-electron chi connectivity index (χ3n) is 3.71. The van der Waals surface area contributed by atoms with Gasteiger partial charge in [0.25, 0.3) is 0 Å². The lowest BCUT2D eigenvalue weighted by atomic mass is 9.86. The minimum Gasteiger partial charge on any atom is -0.356 e. The molecule has 0 bridgehead atoms. The highest BCUT2D eigenvalue weighted by Gasteiger charge is 2.33. The van der Waals surface area contributed by atoms with Gasteiger partial charge in [0.15, 0.2) is 0 Å². The quantitative estimate of drug-likeness (QED) is 0.766. The molecule has 1 aliphatic rings. The number of carbonyl (C=O) groups excluding carboxylic acids is 2. The summed E-state index contributed by atoms with van der Waals surface area (Å²) in [5, 5.41) is 2.97. The van der Waals surface area contributed by atoms with Crippen molar-refractivity contribution in [2.75, 3.05) is 6.54 Å². The lowest BCUT2D eigenvalue weighted by Gasteiger charge is -2.31. The first-order valence-corrected chi connectivity index (χ1v) is 7.95. The molecule has 0 unspecified atom stereocenters. The molecule has 21 heavy (non-hydrogen) atoms. The monoisotopic (exact) mass is 298 g/mol. The maximum Gasteiger partial charge on any atom is 0.248 e. The highest BCUT2D eigenvalue weighted by molar-refractivity contribution is 5.81. The van der Waals surface area contributed by atoms with E-state index < -0.39 is 5.41 Å². The van der Waals surface area contributed by atoms with E-state index in [9.17, 15) is 9.59 Å². The maximum atomic E-state index is 12.3. The van der Waals surface area contributed by atoms with Crippen molar-refractivity contribution < 1.29 is 14.4 Å². The van der Waals surface area contributed by atoms with Crippen LogP contribution in [0.3, 0.4) is 0 Å². The summed E-state index contributed by atoms with van der Waals surface area (Å²) >= 11 is 0. The fourth-order valence-electron chi connectivity index (χ4n) is 2.26. The number of hydrogen-bond donors (Lipinski definition) is 2. The first kappa shape index (κ1) is 18.0. The minimum atomic E-state index is -0.496. The molecular formula is C16H30N2O3. The number of carbonyl (C=O) groups is 2. The Morgan fingerprint density at radius 2 is 1.81 bits per heavy atom. The van der Waals surface area contributed by atoms with Crippen LogP contribution in [-0.4, -0.2) is 24.5 Å². The van der Waals surface area contributed by atoms with Crippen molar-refractivity contribution in [1.29, 1.82) is 0 Å². The highest BCUT2D eigenvalue weighted by atomic mass is 16.7. The smallest absolute Gasteiger partial charge is 0.248 e. The number of amides is 2. The number of hydroxylamine groups is 1. The molecule has 2 N–H and O–H groups in total. The number of rotatable bonds is 5. The zero-order valence-electron chi connectivity index (χ0n) is 14.0. The summed E-state index contributed by atoms with van der Waals surface area (Å²) in [7, 11) is 0. The van der Waals surface area contributed by atoms with Gasteiger partial charge in [0.1, 0.15) is 0 Å². The second kappa shape index (κ2) is 7.78. The average Bonchev–Trinajstić information content (AvgIpc) is 2.41. The molecule has 0 aliphatic heterocycles. The van der Waals surface area contributed by atoms with E-state index in [-0.39, 0.29) is 23.8 Å². The Labute approximate surface area is 128 Å². The second-order valence-corrected chi connectivity index (χ2v) is 7.37. The Bertz CT molecular complexity index is 361. The van der Waals surface area contributed by atoms with E-state index in [1.165, 1.54) is 0 Å². The van der Waals surface area contributed by atoms with Crippen molar-refractivity contribution in [2.45, 2.75) is 66.4 Å². The molecule has 0 spiro atoms. The first-order chi connectivity index (χ1) is 9.71. The van der Waals surface area contributed by atoms with Gasteiger partial charge in [-0.3, -0.25) is 14.4 Å². The zero-order valence-corrected chi connectivity index (χ0v) is 14.0. The summed E-state index contributed by atoms with van der Waals surface area (Å²) in [5.41, 5.74) is 2.03. The Balaban J connectivity index is 2.53. The van der Waals surface area contributed by atoms with Crippen molar-refractivity contribution in [2.24, 2.45) is 17.3 Å². The summed E-state index contributed by atoms with van der Waals surface area (Å²) < 4.78 is 0. The van der Waals surface area contributed by atoms with E-state index in [1.807, 2.05) is 20.8 Å². The molecule has 0 aromatic heterocycles. The third kappa shape index (κ3) is 6.04. The van der Waals surface area contributed by atoms with E-state index >= 15 is 0 Å². The molecular weight excluding hydrogens is 268 g/mol. The molecule has 0 aromatic rings. The average molecular weight is 298 g/mol. The molecule has 1 fully saturated rings. The molecule has 0 saturated heterocycles. The normalized spacial score (nSPS) is 23.0. The van der Waals surface area contributed by atoms with E-state index in [1.54, 1.807) is 0 Å². The molecule has 2 atom stereocenters. The highest BCUT2D eigenvalue weighted by Crippen LogP contribution is 2.27. The van der Waals surface area contributed by atoms with Crippen molar-refractivity contribution in [1.82, 2.24) is 10.8 Å². The van der Waals surface area contributed by atoms with Gasteiger partial charge in [-0.05, 0) is 18.8 Å². The first-order valence-electron chi connectivity index (χ1n) is 7.95. The van der Waals surface area contributed by atoms with Gasteiger partial charge in [-0.1, -0.05) is 47.5 Å². The van der Waals surface area contributed by atoms with Gasteiger partial charge in [0.2, 0.25) is 11.8 Å². The molecule has 5 heteroatoms. The largest absolute Gasteiger partial charge is 0.356 e. The van der Waals surface area contributed by atoms with Gasteiger partial charge < -0.3 is 5.32 Å². The summed E-state index contributed by atoms with van der Waals surface area (Å²) in [4.78, 5) is 29.7. The summed E-state index contributed by atoms with van der Waals surface area (Å²) in [6.07, 6.45) is 3.47. The predicted octanol–water partition coefficient (Wildman–Crippen LogP) is 2.41. The van der Waals surface area contributed by atoms with Crippen LogP contribution in [-0.2, 0) is 14.4 Å². The van der Waals surface area contributed by atoms with E-state index in [0.717, 1.165) is 25.7 Å². The molecule has 0 heterocycles. The van der Waals surface area contributed by atoms with Crippen LogP contribution in [0.4, 0.5) is 0 Å². The molecule has 122 valence electrons. The molecule has 1 rings (SSSR count). The molecule has 0 radical (unpaired) electrons. The van der Waals surface area contributed by atoms with Gasteiger partial charge >= 0.3 is 0 Å². The van der Waals surface area contributed by atoms with Gasteiger partial charge in [-0.15, -0.1) is 0 Å². The number of hydrogen-bond acceptors (Lipinski definition) is 3. The van der Waals surface area contributed by atoms with E-state index in [0.29, 0.717) is 12.5 Å². The van der Waals surface area contributed by atoms with Crippen molar-refractivity contribution >= 4 is 11.8 Å². The second-order valence-electron chi connectivity index (χ2n) is 7.37. The predicted molar refractivity (Wildman–Crippen MR) is 82.3 cm³/mol. The topological polar surface area (TPSA) is 67.4 Å². The lowest BCUT2D eigenvalue weighted by Crippen LogP contribution is -2.46. The van der Waals surface area contributed by atoms with Gasteiger partial charge in [0.05, 0.1) is 12.0 Å². The summed E-state index contributed by atoms with van der Waals surface area (Å²) in [6.45, 7) is 10.3. The Morgan fingerprint density at radius 1 is 1.19 bits per heavy atom. The molecule has 1 aliphatic carbocycles. The van der Waals surface area contributed by atoms with E-state index in [2.05, 4.69) is 24.6 Å². The Kier molecular flexibility index (Phi) is 6.65. The van der Waals surface area contributed by atoms with Crippen LogP contribution < -0.4 is 10.8 Å². The van der Waals surface area contributed by atoms with Crippen LogP contribution in [0.2, 0.25) is 0 Å². The van der Waals surface area contributed by atoms with Crippen LogP contribution in [0.25, 0.3) is 0 Å². The van der Waals surface area contributed by atoms with Gasteiger partial charge in [0, 0.05) is 12.0 Å². The minimum absolute atomic E-state index is 0.0402. The fraction of sp³-hybridized carbons (Fsp3) is 0.875. The third-order valence-corrected chi connectivity index (χ3v) is 3.71. The Morgan fingerprint density at radius 3 is 2.38 bits per heavy atom. The van der Waals surface area contributed by atoms with Gasteiger partial charge in [-0.25, -0.2) is 5.48 Å². The maximum absolute atomic E-state index is 12.3. The van der Waals surface area contributed by atoms with Crippen LogP contribution in [0.5, 0.6) is 0 Å². The lowest BCUT2D eigenvalue weighted by molar-refractivity contribution is -0.156. The summed E-state index contributed by atoms with van der Waals surface area (Å²) in [6, 6.07) is 0. The van der Waals surface area contributed by atoms with Crippen LogP contribution in [0.1, 0.15) is 60.3 Å². The molecule has 2 amide bonds. The summed E-state index contributed by atoms with van der Waals surface area (Å²) in [5.74, 6) is 0.142. The van der Waals surface area contributed by atoms with E-state index in [4.69, 9.17) is 4.84 Å². The van der Waals surface area contributed by atoms with Crippen molar-refractivity contribution in [3.63, 3.8) is 0 Å². The van der Waals surface area contributed by atoms with Crippen molar-refractivity contribution in [3.05, 3.63) is 0 Å². The van der Waals surface area contributed by atoms with Crippen LogP contribution >= 0.6 is 0 Å². The van der Waals surface area contributed by atoms with Gasteiger partial charge in [-0.2, -0.15) is 0 Å². The SMILES string of the molecule is CC(C)CNC(=O)[C@@H]1CCCC[C@H]1ONC(=O)C(C)(C)C. The number of nitrogens with one attached hydrogen (secondary N) is 2. The standard InChI is InChI=1S/C16H30N2O3/c1-11(2)10-17-14(19)12-8-6-7-9-13(12)21-18-15(20)16(3,4)5/h11-13H,6-10H2,1-5H3,(H,17,19)(H,18,20)/t12-,13-/m1/s1. The van der Waals surface area contributed by atoms with Crippen molar-refractivity contribution in [3.8, 4) is 0 Å². The molecule has 1 saturated carbocycles. The fourth-order valence-corrected chi connectivity index (χ4v) is 2.26. The molecule has 5 nitrogen and oxygen atoms in total. The van der Waals surface area contributed by atoms with Crippen LogP contribution in [0, 0.1) is 17.3 Å².